The maximum Gasteiger partial charge on any atom is 0.328 e. The summed E-state index contributed by atoms with van der Waals surface area (Å²) in [6.07, 6.45) is 3.81. The Morgan fingerprint density at radius 3 is 2.61 bits per heavy atom. The van der Waals surface area contributed by atoms with Gasteiger partial charge in [-0.2, -0.15) is 0 Å². The van der Waals surface area contributed by atoms with Crippen molar-refractivity contribution in [1.29, 1.82) is 0 Å². The van der Waals surface area contributed by atoms with Gasteiger partial charge in [-0.25, -0.2) is 4.79 Å². The van der Waals surface area contributed by atoms with Crippen molar-refractivity contribution in [3.63, 3.8) is 0 Å². The van der Waals surface area contributed by atoms with Gasteiger partial charge in [0.2, 0.25) is 0 Å². The molecule has 2 amide bonds. The van der Waals surface area contributed by atoms with Crippen LogP contribution in [-0.4, -0.2) is 60.8 Å². The van der Waals surface area contributed by atoms with Gasteiger partial charge in [-0.3, -0.25) is 9.46 Å². The van der Waals surface area contributed by atoms with Gasteiger partial charge in [0.05, 0.1) is 18.8 Å². The van der Waals surface area contributed by atoms with Crippen LogP contribution in [0.4, 0.5) is 10.5 Å². The Labute approximate surface area is 167 Å². The average molecular weight is 409 g/mol. The fraction of sp³-hybridized carbons (Fsp3) is 0.650. The summed E-state index contributed by atoms with van der Waals surface area (Å²) in [5.74, 6) is 0.632. The molecular formula is C20H32N3O4P. The Hall–Kier alpha value is -1.40. The lowest BCUT2D eigenvalue weighted by Crippen LogP contribution is -2.38. The molecule has 2 saturated heterocycles. The molecule has 28 heavy (non-hydrogen) atoms. The first kappa shape index (κ1) is 21.3. The molecule has 2 heterocycles. The second-order valence-electron chi connectivity index (χ2n) is 7.63. The van der Waals surface area contributed by atoms with Crippen molar-refractivity contribution < 1.29 is 18.8 Å². The van der Waals surface area contributed by atoms with E-state index in [9.17, 15) is 14.3 Å². The molecule has 2 aliphatic heterocycles. The van der Waals surface area contributed by atoms with Crippen LogP contribution in [0.5, 0.6) is 0 Å². The standard InChI is InChI=1S/C20H32N3O4P/c1-2-27-28(25,26)15-11-19-16-23(18-6-4-3-5-7-18)20(24)22(19)14-10-17-8-12-21-13-9-17/h3-7,17,19,21H,2,8-16H2,1H3,(H,25,26). The van der Waals surface area contributed by atoms with E-state index in [4.69, 9.17) is 4.52 Å². The fourth-order valence-electron chi connectivity index (χ4n) is 4.12. The highest BCUT2D eigenvalue weighted by molar-refractivity contribution is 7.52. The van der Waals surface area contributed by atoms with Crippen LogP contribution in [0.1, 0.15) is 32.6 Å². The molecule has 1 aromatic carbocycles. The molecule has 0 bridgehead atoms. The molecular weight excluding hydrogens is 377 g/mol. The summed E-state index contributed by atoms with van der Waals surface area (Å²) in [5, 5.41) is 3.38. The molecule has 3 rings (SSSR count). The van der Waals surface area contributed by atoms with Gasteiger partial charge in [0.25, 0.3) is 0 Å². The molecule has 2 N–H and O–H groups in total. The molecule has 2 atom stereocenters. The number of carbonyl (C=O) groups excluding carboxylic acids is 1. The maximum absolute atomic E-state index is 13.1. The van der Waals surface area contributed by atoms with Crippen molar-refractivity contribution >= 4 is 19.3 Å². The van der Waals surface area contributed by atoms with Crippen molar-refractivity contribution in [2.24, 2.45) is 5.92 Å². The maximum atomic E-state index is 13.1. The number of nitrogens with zero attached hydrogens (tertiary/aromatic N) is 2. The smallest absolute Gasteiger partial charge is 0.324 e. The third kappa shape index (κ3) is 5.57. The van der Waals surface area contributed by atoms with Gasteiger partial charge in [0.15, 0.2) is 0 Å². The van der Waals surface area contributed by atoms with Crippen LogP contribution in [0.15, 0.2) is 30.3 Å². The number of nitrogens with one attached hydrogen (secondary N) is 1. The molecule has 0 spiro atoms. The first-order valence-corrected chi connectivity index (χ1v) is 12.1. The van der Waals surface area contributed by atoms with Crippen molar-refractivity contribution in [2.75, 3.05) is 43.8 Å². The van der Waals surface area contributed by atoms with E-state index in [-0.39, 0.29) is 24.8 Å². The zero-order valence-electron chi connectivity index (χ0n) is 16.6. The van der Waals surface area contributed by atoms with Crippen LogP contribution in [0, 0.1) is 5.92 Å². The summed E-state index contributed by atoms with van der Waals surface area (Å²) in [4.78, 5) is 26.8. The van der Waals surface area contributed by atoms with Gasteiger partial charge in [-0.15, -0.1) is 0 Å². The van der Waals surface area contributed by atoms with E-state index >= 15 is 0 Å². The Morgan fingerprint density at radius 1 is 1.21 bits per heavy atom. The summed E-state index contributed by atoms with van der Waals surface area (Å²) in [5.41, 5.74) is 0.874. The highest BCUT2D eigenvalue weighted by atomic mass is 31.2. The quantitative estimate of drug-likeness (QED) is 0.612. The Balaban J connectivity index is 1.67. The van der Waals surface area contributed by atoms with Crippen LogP contribution in [0.2, 0.25) is 0 Å². The van der Waals surface area contributed by atoms with E-state index in [1.807, 2.05) is 35.2 Å². The molecule has 156 valence electrons. The number of urea groups is 1. The second kappa shape index (κ2) is 9.88. The van der Waals surface area contributed by atoms with Crippen LogP contribution < -0.4 is 10.2 Å². The Bertz CT molecular complexity index is 681. The van der Waals surface area contributed by atoms with Crippen LogP contribution >= 0.6 is 7.60 Å². The number of carbonyl (C=O) groups is 1. The lowest BCUT2D eigenvalue weighted by molar-refractivity contribution is 0.194. The predicted molar refractivity (Wildman–Crippen MR) is 111 cm³/mol. The van der Waals surface area contributed by atoms with E-state index in [0.717, 1.165) is 38.0 Å². The number of benzene rings is 1. The number of amides is 2. The van der Waals surface area contributed by atoms with Crippen molar-refractivity contribution in [3.8, 4) is 0 Å². The van der Waals surface area contributed by atoms with Crippen LogP contribution in [0.25, 0.3) is 0 Å². The number of anilines is 1. The van der Waals surface area contributed by atoms with Crippen molar-refractivity contribution in [2.45, 2.75) is 38.6 Å². The van der Waals surface area contributed by atoms with Gasteiger partial charge in [-0.05, 0) is 63.7 Å². The van der Waals surface area contributed by atoms with Gasteiger partial charge in [-0.1, -0.05) is 18.2 Å². The largest absolute Gasteiger partial charge is 0.328 e. The summed E-state index contributed by atoms with van der Waals surface area (Å²) in [6.45, 7) is 5.25. The molecule has 0 saturated carbocycles. The first-order chi connectivity index (χ1) is 13.5. The van der Waals surface area contributed by atoms with E-state index in [2.05, 4.69) is 5.32 Å². The summed E-state index contributed by atoms with van der Waals surface area (Å²) >= 11 is 0. The molecule has 0 aromatic heterocycles. The summed E-state index contributed by atoms with van der Waals surface area (Å²) in [6, 6.07) is 9.56. The van der Waals surface area contributed by atoms with Crippen LogP contribution in [-0.2, 0) is 9.09 Å². The molecule has 0 radical (unpaired) electrons. The number of hydrogen-bond donors (Lipinski definition) is 2. The molecule has 0 aliphatic carbocycles. The Kier molecular flexibility index (Phi) is 7.52. The summed E-state index contributed by atoms with van der Waals surface area (Å²) < 4.78 is 17.1. The molecule has 2 aliphatic rings. The number of hydrogen-bond acceptors (Lipinski definition) is 4. The third-order valence-electron chi connectivity index (χ3n) is 5.69. The van der Waals surface area contributed by atoms with Crippen molar-refractivity contribution in [3.05, 3.63) is 30.3 Å². The topological polar surface area (TPSA) is 82.1 Å². The van der Waals surface area contributed by atoms with E-state index in [0.29, 0.717) is 25.4 Å². The van der Waals surface area contributed by atoms with E-state index in [1.165, 1.54) is 0 Å². The van der Waals surface area contributed by atoms with Gasteiger partial charge < -0.3 is 19.6 Å². The molecule has 2 fully saturated rings. The zero-order valence-corrected chi connectivity index (χ0v) is 17.5. The fourth-order valence-corrected chi connectivity index (χ4v) is 5.28. The predicted octanol–water partition coefficient (Wildman–Crippen LogP) is 3.30. The molecule has 1 aromatic rings. The number of rotatable bonds is 9. The molecule has 2 unspecified atom stereocenters. The highest BCUT2D eigenvalue weighted by Crippen LogP contribution is 2.43. The molecule has 8 heteroatoms. The van der Waals surface area contributed by atoms with Gasteiger partial charge in [0, 0.05) is 18.8 Å². The number of para-hydroxylation sites is 1. The van der Waals surface area contributed by atoms with E-state index < -0.39 is 7.60 Å². The first-order valence-electron chi connectivity index (χ1n) is 10.3. The second-order valence-corrected chi connectivity index (χ2v) is 9.61. The minimum absolute atomic E-state index is 0.00526. The van der Waals surface area contributed by atoms with Crippen molar-refractivity contribution in [1.82, 2.24) is 10.2 Å². The lowest BCUT2D eigenvalue weighted by Gasteiger charge is -2.28. The minimum Gasteiger partial charge on any atom is -0.324 e. The van der Waals surface area contributed by atoms with Gasteiger partial charge >= 0.3 is 13.6 Å². The Morgan fingerprint density at radius 2 is 1.93 bits per heavy atom. The van der Waals surface area contributed by atoms with Crippen LogP contribution in [0.3, 0.4) is 0 Å². The lowest BCUT2D eigenvalue weighted by atomic mass is 9.94. The third-order valence-corrected chi connectivity index (χ3v) is 7.18. The monoisotopic (exact) mass is 409 g/mol. The molecule has 7 nitrogen and oxygen atoms in total. The highest BCUT2D eigenvalue weighted by Gasteiger charge is 2.39. The zero-order chi connectivity index (χ0) is 20.0. The average Bonchev–Trinajstić information content (AvgIpc) is 3.02. The summed E-state index contributed by atoms with van der Waals surface area (Å²) in [7, 11) is -3.59. The normalized spacial score (nSPS) is 23.2. The number of piperidine rings is 1. The van der Waals surface area contributed by atoms with Gasteiger partial charge in [0.1, 0.15) is 0 Å². The minimum atomic E-state index is -3.59. The SMILES string of the molecule is CCOP(=O)(O)CCC1CN(c2ccccc2)C(=O)N1CCC1CCNCC1. The van der Waals surface area contributed by atoms with E-state index in [1.54, 1.807) is 11.8 Å².